The van der Waals surface area contributed by atoms with E-state index in [-0.39, 0.29) is 12.0 Å². The maximum Gasteiger partial charge on any atom is 0.233 e. The molecule has 3 heterocycles. The third-order valence-electron chi connectivity index (χ3n) is 4.79. The van der Waals surface area contributed by atoms with E-state index in [4.69, 9.17) is 4.74 Å². The molecule has 0 N–H and O–H groups in total. The van der Waals surface area contributed by atoms with Gasteiger partial charge in [-0.3, -0.25) is 4.79 Å². The summed E-state index contributed by atoms with van der Waals surface area (Å²) in [5.74, 6) is 1.08. The molecule has 126 valence electrons. The second-order valence-electron chi connectivity index (χ2n) is 6.76. The lowest BCUT2D eigenvalue weighted by atomic mass is 9.95. The number of aryl methyl sites for hydroxylation is 1. The Morgan fingerprint density at radius 3 is 2.61 bits per heavy atom. The van der Waals surface area contributed by atoms with Crippen LogP contribution in [0.5, 0.6) is 5.88 Å². The summed E-state index contributed by atoms with van der Waals surface area (Å²) < 4.78 is 5.88. The Labute approximate surface area is 137 Å². The van der Waals surface area contributed by atoms with Crippen molar-refractivity contribution in [2.45, 2.75) is 38.7 Å². The van der Waals surface area contributed by atoms with Crippen LogP contribution in [0.15, 0.2) is 12.1 Å². The van der Waals surface area contributed by atoms with Crippen LogP contribution in [0.4, 0.5) is 0 Å². The summed E-state index contributed by atoms with van der Waals surface area (Å²) >= 11 is 0. The van der Waals surface area contributed by atoms with Crippen LogP contribution in [0.3, 0.4) is 0 Å². The Kier molecular flexibility index (Phi) is 5.10. The molecule has 2 aliphatic rings. The van der Waals surface area contributed by atoms with Gasteiger partial charge in [-0.1, -0.05) is 0 Å². The quantitative estimate of drug-likeness (QED) is 0.845. The van der Waals surface area contributed by atoms with Gasteiger partial charge in [-0.25, -0.2) is 0 Å². The highest BCUT2D eigenvalue weighted by Gasteiger charge is 2.31. The van der Waals surface area contributed by atoms with E-state index in [9.17, 15) is 4.79 Å². The lowest BCUT2D eigenvalue weighted by Crippen LogP contribution is -2.47. The molecule has 0 radical (unpaired) electrons. The van der Waals surface area contributed by atoms with Gasteiger partial charge in [0.1, 0.15) is 6.10 Å². The van der Waals surface area contributed by atoms with Crippen LogP contribution in [0, 0.1) is 12.8 Å². The second-order valence-corrected chi connectivity index (χ2v) is 6.76. The molecule has 2 fully saturated rings. The molecule has 0 aliphatic carbocycles. The fourth-order valence-corrected chi connectivity index (χ4v) is 3.44. The van der Waals surface area contributed by atoms with E-state index in [1.54, 1.807) is 0 Å². The fraction of sp³-hybridized carbons (Fsp3) is 0.706. The number of carbonyl (C=O) groups excluding carboxylic acids is 1. The van der Waals surface area contributed by atoms with E-state index in [0.29, 0.717) is 11.8 Å². The first-order valence-electron chi connectivity index (χ1n) is 8.56. The van der Waals surface area contributed by atoms with Gasteiger partial charge in [0.05, 0.1) is 11.6 Å². The lowest BCUT2D eigenvalue weighted by Gasteiger charge is -2.36. The number of rotatable bonds is 3. The molecule has 0 saturated carbocycles. The van der Waals surface area contributed by atoms with E-state index in [1.165, 1.54) is 0 Å². The molecule has 1 aromatic heterocycles. The second kappa shape index (κ2) is 7.25. The molecule has 1 amide bonds. The van der Waals surface area contributed by atoms with Crippen molar-refractivity contribution < 1.29 is 9.53 Å². The molecular weight excluding hydrogens is 292 g/mol. The van der Waals surface area contributed by atoms with Crippen molar-refractivity contribution in [2.75, 3.05) is 33.2 Å². The third-order valence-corrected chi connectivity index (χ3v) is 4.79. The molecule has 2 aliphatic heterocycles. The highest BCUT2D eigenvalue weighted by molar-refractivity contribution is 5.79. The van der Waals surface area contributed by atoms with Crippen molar-refractivity contribution in [2.24, 2.45) is 5.92 Å². The van der Waals surface area contributed by atoms with E-state index < -0.39 is 0 Å². The average molecular weight is 318 g/mol. The van der Waals surface area contributed by atoms with Crippen LogP contribution in [-0.2, 0) is 4.79 Å². The molecule has 6 heteroatoms. The van der Waals surface area contributed by atoms with Crippen LogP contribution in [0.1, 0.15) is 31.4 Å². The Hall–Kier alpha value is -1.69. The number of aromatic nitrogens is 2. The first-order chi connectivity index (χ1) is 11.1. The molecule has 23 heavy (non-hydrogen) atoms. The van der Waals surface area contributed by atoms with Crippen molar-refractivity contribution in [1.82, 2.24) is 20.0 Å². The Morgan fingerprint density at radius 1 is 1.17 bits per heavy atom. The summed E-state index contributed by atoms with van der Waals surface area (Å²) in [5.41, 5.74) is 0.884. The number of nitrogens with zero attached hydrogens (tertiary/aromatic N) is 4. The standard InChI is InChI=1S/C17H26N4O2/c1-13-5-6-16(19-18-13)23-15-7-10-21(11-8-15)17(22)14-4-3-9-20(2)12-14/h5-6,14-15H,3-4,7-12H2,1-2H3. The third kappa shape index (κ3) is 4.19. The van der Waals surface area contributed by atoms with Crippen LogP contribution < -0.4 is 4.74 Å². The Morgan fingerprint density at radius 2 is 1.96 bits per heavy atom. The number of piperidine rings is 2. The SMILES string of the molecule is Cc1ccc(OC2CCN(C(=O)C3CCCN(C)C3)CC2)nn1. The lowest BCUT2D eigenvalue weighted by molar-refractivity contribution is -0.139. The minimum atomic E-state index is 0.130. The summed E-state index contributed by atoms with van der Waals surface area (Å²) in [5, 5.41) is 8.06. The van der Waals surface area contributed by atoms with Gasteiger partial charge in [0, 0.05) is 38.5 Å². The summed E-state index contributed by atoms with van der Waals surface area (Å²) in [6, 6.07) is 3.76. The highest BCUT2D eigenvalue weighted by Crippen LogP contribution is 2.22. The molecule has 0 bridgehead atoms. The topological polar surface area (TPSA) is 58.6 Å². The van der Waals surface area contributed by atoms with Gasteiger partial charge in [-0.2, -0.15) is 5.10 Å². The van der Waals surface area contributed by atoms with E-state index in [0.717, 1.165) is 57.6 Å². The highest BCUT2D eigenvalue weighted by atomic mass is 16.5. The van der Waals surface area contributed by atoms with Gasteiger partial charge < -0.3 is 14.5 Å². The maximum absolute atomic E-state index is 12.6. The van der Waals surface area contributed by atoms with Crippen molar-refractivity contribution in [3.05, 3.63) is 17.8 Å². The maximum atomic E-state index is 12.6. The zero-order valence-electron chi connectivity index (χ0n) is 14.1. The minimum absolute atomic E-state index is 0.130. The molecule has 2 saturated heterocycles. The predicted octanol–water partition coefficient (Wildman–Crippen LogP) is 1.50. The molecule has 3 rings (SSSR count). The zero-order chi connectivity index (χ0) is 16.2. The molecular formula is C17H26N4O2. The van der Waals surface area contributed by atoms with Gasteiger partial charge in [0.25, 0.3) is 0 Å². The van der Waals surface area contributed by atoms with E-state index >= 15 is 0 Å². The molecule has 0 aromatic carbocycles. The van der Waals surface area contributed by atoms with Crippen LogP contribution in [0.25, 0.3) is 0 Å². The number of carbonyl (C=O) groups is 1. The number of amides is 1. The van der Waals surface area contributed by atoms with E-state index in [2.05, 4.69) is 22.1 Å². The first kappa shape index (κ1) is 16.2. The predicted molar refractivity (Wildman–Crippen MR) is 87.2 cm³/mol. The fourth-order valence-electron chi connectivity index (χ4n) is 3.44. The Bertz CT molecular complexity index is 526. The van der Waals surface area contributed by atoms with Crippen molar-refractivity contribution >= 4 is 5.91 Å². The van der Waals surface area contributed by atoms with Crippen LogP contribution >= 0.6 is 0 Å². The largest absolute Gasteiger partial charge is 0.473 e. The Balaban J connectivity index is 1.48. The molecule has 1 unspecified atom stereocenters. The van der Waals surface area contributed by atoms with Crippen molar-refractivity contribution in [1.29, 1.82) is 0 Å². The summed E-state index contributed by atoms with van der Waals surface area (Å²) in [6.07, 6.45) is 4.01. The van der Waals surface area contributed by atoms with Crippen molar-refractivity contribution in [3.63, 3.8) is 0 Å². The first-order valence-corrected chi connectivity index (χ1v) is 8.56. The monoisotopic (exact) mass is 318 g/mol. The van der Waals surface area contributed by atoms with Gasteiger partial charge in [0.15, 0.2) is 0 Å². The minimum Gasteiger partial charge on any atom is -0.473 e. The summed E-state index contributed by atoms with van der Waals surface area (Å²) in [4.78, 5) is 16.9. The van der Waals surface area contributed by atoms with Crippen LogP contribution in [0.2, 0.25) is 0 Å². The van der Waals surface area contributed by atoms with Crippen LogP contribution in [-0.4, -0.2) is 65.2 Å². The van der Waals surface area contributed by atoms with Gasteiger partial charge in [0.2, 0.25) is 11.8 Å². The molecule has 1 atom stereocenters. The van der Waals surface area contributed by atoms with Gasteiger partial charge >= 0.3 is 0 Å². The van der Waals surface area contributed by atoms with Gasteiger partial charge in [-0.05, 0) is 39.4 Å². The zero-order valence-corrected chi connectivity index (χ0v) is 14.1. The number of hydrogen-bond donors (Lipinski definition) is 0. The van der Waals surface area contributed by atoms with Crippen molar-refractivity contribution in [3.8, 4) is 5.88 Å². The van der Waals surface area contributed by atoms with E-state index in [1.807, 2.05) is 24.0 Å². The number of ether oxygens (including phenoxy) is 1. The normalized spacial score (nSPS) is 23.7. The van der Waals surface area contributed by atoms with Gasteiger partial charge in [-0.15, -0.1) is 5.10 Å². The molecule has 1 aromatic rings. The molecule has 0 spiro atoms. The molecule has 6 nitrogen and oxygen atoms in total. The smallest absolute Gasteiger partial charge is 0.233 e. The number of hydrogen-bond acceptors (Lipinski definition) is 5. The average Bonchev–Trinajstić information content (AvgIpc) is 2.57. The summed E-state index contributed by atoms with van der Waals surface area (Å²) in [6.45, 7) is 5.47. The summed E-state index contributed by atoms with van der Waals surface area (Å²) in [7, 11) is 2.10. The number of likely N-dealkylation sites (tertiary alicyclic amines) is 2.